The smallest absolute Gasteiger partial charge is 0.335 e. The Hall–Kier alpha value is -1.88. The van der Waals surface area contributed by atoms with Crippen molar-refractivity contribution in [2.24, 2.45) is 0 Å². The van der Waals surface area contributed by atoms with Crippen LogP contribution < -0.4 is 5.32 Å². The van der Waals surface area contributed by atoms with Crippen LogP contribution in [0.1, 0.15) is 46.9 Å². The Kier molecular flexibility index (Phi) is 4.74. The lowest BCUT2D eigenvalue weighted by atomic mass is 10.0. The second-order valence-corrected chi connectivity index (χ2v) is 4.98. The van der Waals surface area contributed by atoms with E-state index < -0.39 is 5.97 Å². The zero-order valence-electron chi connectivity index (χ0n) is 11.5. The highest BCUT2D eigenvalue weighted by atomic mass is 16.5. The zero-order valence-corrected chi connectivity index (χ0v) is 11.5. The maximum absolute atomic E-state index is 12.1. The highest BCUT2D eigenvalue weighted by Gasteiger charge is 2.23. The molecule has 0 unspecified atom stereocenters. The van der Waals surface area contributed by atoms with Gasteiger partial charge in [0.25, 0.3) is 5.91 Å². The van der Waals surface area contributed by atoms with Gasteiger partial charge in [-0.25, -0.2) is 4.79 Å². The minimum Gasteiger partial charge on any atom is -0.478 e. The Balaban J connectivity index is 1.95. The Morgan fingerprint density at radius 3 is 2.55 bits per heavy atom. The first-order chi connectivity index (χ1) is 9.60. The molecule has 0 radical (unpaired) electrons. The zero-order chi connectivity index (χ0) is 14.5. The number of hydrogen-bond acceptors (Lipinski definition) is 3. The van der Waals surface area contributed by atoms with Crippen LogP contribution in [0.5, 0.6) is 0 Å². The molecule has 2 atom stereocenters. The lowest BCUT2D eigenvalue weighted by Gasteiger charge is -2.29. The lowest BCUT2D eigenvalue weighted by molar-refractivity contribution is 0.000618. The van der Waals surface area contributed by atoms with Gasteiger partial charge in [-0.05, 0) is 43.5 Å². The quantitative estimate of drug-likeness (QED) is 0.883. The number of carbonyl (C=O) groups excluding carboxylic acids is 1. The number of amides is 1. The fourth-order valence-electron chi connectivity index (χ4n) is 2.33. The number of benzene rings is 1. The van der Waals surface area contributed by atoms with E-state index in [1.807, 2.05) is 0 Å². The predicted molar refractivity (Wildman–Crippen MR) is 73.9 cm³/mol. The fourth-order valence-corrected chi connectivity index (χ4v) is 2.33. The van der Waals surface area contributed by atoms with Crippen molar-refractivity contribution in [2.75, 3.05) is 6.61 Å². The van der Waals surface area contributed by atoms with Gasteiger partial charge in [0.15, 0.2) is 0 Å². The summed E-state index contributed by atoms with van der Waals surface area (Å²) in [5, 5.41) is 11.8. The second kappa shape index (κ2) is 6.52. The molecule has 1 heterocycles. The van der Waals surface area contributed by atoms with Crippen LogP contribution in [0.4, 0.5) is 0 Å². The molecular weight excluding hydrogens is 258 g/mol. The van der Waals surface area contributed by atoms with Crippen LogP contribution in [0.25, 0.3) is 0 Å². The number of aromatic carboxylic acids is 1. The van der Waals surface area contributed by atoms with Gasteiger partial charge in [-0.2, -0.15) is 0 Å². The van der Waals surface area contributed by atoms with E-state index >= 15 is 0 Å². The van der Waals surface area contributed by atoms with Crippen molar-refractivity contribution in [3.63, 3.8) is 0 Å². The van der Waals surface area contributed by atoms with Gasteiger partial charge in [0, 0.05) is 18.2 Å². The van der Waals surface area contributed by atoms with Gasteiger partial charge in [-0.15, -0.1) is 0 Å². The molecule has 1 fully saturated rings. The first kappa shape index (κ1) is 14.5. The number of carbonyl (C=O) groups is 2. The van der Waals surface area contributed by atoms with Crippen molar-refractivity contribution in [3.8, 4) is 0 Å². The lowest BCUT2D eigenvalue weighted by Crippen LogP contribution is -2.41. The van der Waals surface area contributed by atoms with Crippen molar-refractivity contribution in [1.29, 1.82) is 0 Å². The maximum atomic E-state index is 12.1. The van der Waals surface area contributed by atoms with Crippen LogP contribution in [0.15, 0.2) is 24.3 Å². The molecule has 1 aromatic carbocycles. The average Bonchev–Trinajstić information content (AvgIpc) is 2.47. The summed E-state index contributed by atoms with van der Waals surface area (Å²) in [4.78, 5) is 22.8. The molecule has 0 aromatic heterocycles. The van der Waals surface area contributed by atoms with E-state index in [0.29, 0.717) is 12.2 Å². The second-order valence-electron chi connectivity index (χ2n) is 4.98. The first-order valence-corrected chi connectivity index (χ1v) is 6.86. The van der Waals surface area contributed by atoms with Gasteiger partial charge in [0.05, 0.1) is 11.7 Å². The highest BCUT2D eigenvalue weighted by Crippen LogP contribution is 2.17. The minimum absolute atomic E-state index is 0.125. The molecule has 0 saturated carbocycles. The molecule has 0 aliphatic carbocycles. The number of carboxylic acid groups (broad SMARTS) is 1. The van der Waals surface area contributed by atoms with E-state index in [9.17, 15) is 9.59 Å². The Bertz CT molecular complexity index is 483. The van der Waals surface area contributed by atoms with E-state index in [-0.39, 0.29) is 23.6 Å². The van der Waals surface area contributed by atoms with E-state index in [1.54, 1.807) is 0 Å². The molecule has 1 amide bonds. The summed E-state index contributed by atoms with van der Waals surface area (Å²) in [6.07, 6.45) is 2.80. The third-order valence-electron chi connectivity index (χ3n) is 3.55. The first-order valence-electron chi connectivity index (χ1n) is 6.86. The molecule has 1 aliphatic heterocycles. The molecule has 1 saturated heterocycles. The Morgan fingerprint density at radius 2 is 1.95 bits per heavy atom. The van der Waals surface area contributed by atoms with Crippen molar-refractivity contribution >= 4 is 11.9 Å². The van der Waals surface area contributed by atoms with Gasteiger partial charge in [-0.3, -0.25) is 4.79 Å². The molecule has 2 rings (SSSR count). The third-order valence-corrected chi connectivity index (χ3v) is 3.55. The molecular formula is C15H19NO4. The number of nitrogens with one attached hydrogen (secondary N) is 1. The van der Waals surface area contributed by atoms with Crippen LogP contribution >= 0.6 is 0 Å². The van der Waals surface area contributed by atoms with E-state index in [0.717, 1.165) is 19.3 Å². The molecule has 20 heavy (non-hydrogen) atoms. The highest BCUT2D eigenvalue weighted by molar-refractivity contribution is 5.96. The molecule has 0 spiro atoms. The third kappa shape index (κ3) is 3.57. The van der Waals surface area contributed by atoms with Crippen LogP contribution in [-0.2, 0) is 4.74 Å². The van der Waals surface area contributed by atoms with Gasteiger partial charge >= 0.3 is 5.97 Å². The molecule has 5 nitrogen and oxygen atoms in total. The summed E-state index contributed by atoms with van der Waals surface area (Å²) >= 11 is 0. The molecule has 108 valence electrons. The fraction of sp³-hybridized carbons (Fsp3) is 0.467. The van der Waals surface area contributed by atoms with Gasteiger partial charge in [0.2, 0.25) is 0 Å². The molecule has 1 aliphatic rings. The van der Waals surface area contributed by atoms with E-state index in [2.05, 4.69) is 12.2 Å². The number of hydrogen-bond donors (Lipinski definition) is 2. The predicted octanol–water partition coefficient (Wildman–Crippen LogP) is 2.07. The Morgan fingerprint density at radius 1 is 1.30 bits per heavy atom. The standard InChI is InChI=1S/C15H19NO4/c1-2-13-9-12(7-8-20-13)16-14(17)10-3-5-11(6-4-10)15(18)19/h3-6,12-13H,2,7-9H2,1H3,(H,16,17)(H,18,19)/t12-,13+/m0/s1. The summed E-state index contributed by atoms with van der Waals surface area (Å²) < 4.78 is 5.57. The molecule has 1 aromatic rings. The largest absolute Gasteiger partial charge is 0.478 e. The molecule has 5 heteroatoms. The summed E-state index contributed by atoms with van der Waals surface area (Å²) in [7, 11) is 0. The van der Waals surface area contributed by atoms with Gasteiger partial charge in [0.1, 0.15) is 0 Å². The topological polar surface area (TPSA) is 75.6 Å². The van der Waals surface area contributed by atoms with Crippen LogP contribution in [-0.4, -0.2) is 35.7 Å². The van der Waals surface area contributed by atoms with Crippen molar-refractivity contribution in [3.05, 3.63) is 35.4 Å². The maximum Gasteiger partial charge on any atom is 0.335 e. The van der Waals surface area contributed by atoms with Gasteiger partial charge in [-0.1, -0.05) is 6.92 Å². The van der Waals surface area contributed by atoms with Crippen LogP contribution in [0.2, 0.25) is 0 Å². The van der Waals surface area contributed by atoms with Crippen LogP contribution in [0.3, 0.4) is 0 Å². The molecule has 2 N–H and O–H groups in total. The number of carboxylic acids is 1. The summed E-state index contributed by atoms with van der Waals surface area (Å²) in [6.45, 7) is 2.74. The van der Waals surface area contributed by atoms with E-state index in [4.69, 9.17) is 9.84 Å². The average molecular weight is 277 g/mol. The normalized spacial score (nSPS) is 22.2. The minimum atomic E-state index is -0.993. The SMILES string of the molecule is CC[C@@H]1C[C@@H](NC(=O)c2ccc(C(=O)O)cc2)CCO1. The van der Waals surface area contributed by atoms with Crippen LogP contribution in [0, 0.1) is 0 Å². The number of ether oxygens (including phenoxy) is 1. The Labute approximate surface area is 117 Å². The number of rotatable bonds is 4. The molecule has 0 bridgehead atoms. The summed E-state index contributed by atoms with van der Waals surface area (Å²) in [5.41, 5.74) is 0.660. The van der Waals surface area contributed by atoms with Crippen molar-refractivity contribution in [1.82, 2.24) is 5.32 Å². The van der Waals surface area contributed by atoms with E-state index in [1.165, 1.54) is 24.3 Å². The summed E-state index contributed by atoms with van der Waals surface area (Å²) in [6, 6.07) is 6.08. The summed E-state index contributed by atoms with van der Waals surface area (Å²) in [5.74, 6) is -1.16. The monoisotopic (exact) mass is 277 g/mol. The van der Waals surface area contributed by atoms with Gasteiger partial charge < -0.3 is 15.2 Å². The van der Waals surface area contributed by atoms with Crippen molar-refractivity contribution in [2.45, 2.75) is 38.3 Å². The van der Waals surface area contributed by atoms with Crippen molar-refractivity contribution < 1.29 is 19.4 Å².